The SMILES string of the molecule is Cn1ncc2cc(Cc3cnc4ccc(C=O)nn34)c(F)cc21. The number of aldehydes is 1. The number of halogens is 1. The first-order valence-electron chi connectivity index (χ1n) is 7.04. The van der Waals surface area contributed by atoms with Crippen LogP contribution in [0.2, 0.25) is 0 Å². The van der Waals surface area contributed by atoms with Crippen molar-refractivity contribution in [3.05, 3.63) is 59.4 Å². The summed E-state index contributed by atoms with van der Waals surface area (Å²) in [6, 6.07) is 6.56. The van der Waals surface area contributed by atoms with E-state index in [0.29, 0.717) is 35.3 Å². The molecule has 0 saturated carbocycles. The normalized spacial score (nSPS) is 11.4. The zero-order valence-corrected chi connectivity index (χ0v) is 12.3. The van der Waals surface area contributed by atoms with E-state index in [1.54, 1.807) is 46.8 Å². The molecule has 114 valence electrons. The average Bonchev–Trinajstić information content (AvgIpc) is 3.12. The van der Waals surface area contributed by atoms with Crippen LogP contribution in [0.1, 0.15) is 21.7 Å². The summed E-state index contributed by atoms with van der Waals surface area (Å²) in [5.74, 6) is -0.303. The van der Waals surface area contributed by atoms with Crippen LogP contribution in [-0.4, -0.2) is 30.7 Å². The molecule has 3 aromatic heterocycles. The molecule has 6 nitrogen and oxygen atoms in total. The van der Waals surface area contributed by atoms with Crippen molar-refractivity contribution in [1.82, 2.24) is 24.4 Å². The van der Waals surface area contributed by atoms with Gasteiger partial charge < -0.3 is 0 Å². The minimum Gasteiger partial charge on any atom is -0.296 e. The number of benzene rings is 1. The lowest BCUT2D eigenvalue weighted by Gasteiger charge is -2.05. The van der Waals surface area contributed by atoms with Gasteiger partial charge in [0.25, 0.3) is 0 Å². The molecule has 1 aromatic carbocycles. The zero-order chi connectivity index (χ0) is 16.0. The number of carbonyl (C=O) groups excluding carboxylic acids is 1. The maximum atomic E-state index is 14.4. The largest absolute Gasteiger partial charge is 0.296 e. The van der Waals surface area contributed by atoms with E-state index in [1.165, 1.54) is 6.07 Å². The minimum atomic E-state index is -0.303. The van der Waals surface area contributed by atoms with Crippen LogP contribution >= 0.6 is 0 Å². The van der Waals surface area contributed by atoms with E-state index >= 15 is 0 Å². The monoisotopic (exact) mass is 309 g/mol. The Bertz CT molecular complexity index is 1050. The highest BCUT2D eigenvalue weighted by Gasteiger charge is 2.12. The number of hydrogen-bond acceptors (Lipinski definition) is 4. The van der Waals surface area contributed by atoms with Crippen molar-refractivity contribution in [2.75, 3.05) is 0 Å². The summed E-state index contributed by atoms with van der Waals surface area (Å²) in [6.07, 6.45) is 4.35. The summed E-state index contributed by atoms with van der Waals surface area (Å²) >= 11 is 0. The molecule has 0 atom stereocenters. The molecule has 3 heterocycles. The van der Waals surface area contributed by atoms with Crippen molar-refractivity contribution >= 4 is 22.8 Å². The molecule has 0 radical (unpaired) electrons. The van der Waals surface area contributed by atoms with Crippen LogP contribution < -0.4 is 0 Å². The van der Waals surface area contributed by atoms with Crippen LogP contribution in [0.5, 0.6) is 0 Å². The van der Waals surface area contributed by atoms with Gasteiger partial charge in [-0.05, 0) is 23.8 Å². The van der Waals surface area contributed by atoms with E-state index in [0.717, 1.165) is 10.9 Å². The third-order valence-electron chi connectivity index (χ3n) is 3.86. The van der Waals surface area contributed by atoms with Gasteiger partial charge in [-0.25, -0.2) is 13.9 Å². The third-order valence-corrected chi connectivity index (χ3v) is 3.86. The fourth-order valence-electron chi connectivity index (χ4n) is 2.67. The number of aromatic nitrogens is 5. The Hall–Kier alpha value is -3.09. The van der Waals surface area contributed by atoms with E-state index in [4.69, 9.17) is 0 Å². The fraction of sp³-hybridized carbons (Fsp3) is 0.125. The van der Waals surface area contributed by atoms with Gasteiger partial charge in [-0.15, -0.1) is 0 Å². The van der Waals surface area contributed by atoms with Gasteiger partial charge in [0.15, 0.2) is 11.9 Å². The number of hydrogen-bond donors (Lipinski definition) is 0. The molecule has 0 unspecified atom stereocenters. The van der Waals surface area contributed by atoms with Crippen molar-refractivity contribution in [1.29, 1.82) is 0 Å². The molecular formula is C16H12FN5O. The van der Waals surface area contributed by atoms with Crippen molar-refractivity contribution in [2.24, 2.45) is 7.05 Å². The van der Waals surface area contributed by atoms with Gasteiger partial charge in [-0.2, -0.15) is 10.2 Å². The zero-order valence-electron chi connectivity index (χ0n) is 12.3. The molecular weight excluding hydrogens is 297 g/mol. The number of carbonyl (C=O) groups is 1. The molecule has 0 fully saturated rings. The smallest absolute Gasteiger partial charge is 0.170 e. The second-order valence-corrected chi connectivity index (χ2v) is 5.34. The topological polar surface area (TPSA) is 65.1 Å². The van der Waals surface area contributed by atoms with Gasteiger partial charge in [0.1, 0.15) is 11.5 Å². The maximum absolute atomic E-state index is 14.4. The summed E-state index contributed by atoms with van der Waals surface area (Å²) in [6.45, 7) is 0. The van der Waals surface area contributed by atoms with Crippen LogP contribution in [-0.2, 0) is 13.5 Å². The van der Waals surface area contributed by atoms with Crippen molar-refractivity contribution in [2.45, 2.75) is 6.42 Å². The molecule has 7 heteroatoms. The summed E-state index contributed by atoms with van der Waals surface area (Å²) in [5.41, 5.74) is 2.91. The highest BCUT2D eigenvalue weighted by Crippen LogP contribution is 2.21. The number of nitrogens with zero attached hydrogens (tertiary/aromatic N) is 5. The van der Waals surface area contributed by atoms with Gasteiger partial charge in [0.05, 0.1) is 23.6 Å². The molecule has 0 spiro atoms. The van der Waals surface area contributed by atoms with Crippen LogP contribution in [0.4, 0.5) is 4.39 Å². The van der Waals surface area contributed by atoms with Gasteiger partial charge >= 0.3 is 0 Å². The summed E-state index contributed by atoms with van der Waals surface area (Å²) < 4.78 is 17.6. The standard InChI is InChI=1S/C16H12FN5O/c1-21-15-6-14(17)10(4-11(15)7-19-21)5-13-8-18-16-3-2-12(9-23)20-22(13)16/h2-4,6-9H,5H2,1H3. The second kappa shape index (κ2) is 4.98. The third kappa shape index (κ3) is 2.17. The molecule has 4 rings (SSSR count). The Labute approximate surface area is 130 Å². The number of rotatable bonds is 3. The quantitative estimate of drug-likeness (QED) is 0.544. The lowest BCUT2D eigenvalue weighted by atomic mass is 10.1. The van der Waals surface area contributed by atoms with E-state index < -0.39 is 0 Å². The fourth-order valence-corrected chi connectivity index (χ4v) is 2.67. The molecule has 0 aliphatic rings. The summed E-state index contributed by atoms with van der Waals surface area (Å²) in [7, 11) is 1.77. The van der Waals surface area contributed by atoms with Gasteiger partial charge in [-0.3, -0.25) is 9.48 Å². The Morgan fingerprint density at radius 3 is 2.96 bits per heavy atom. The second-order valence-electron chi connectivity index (χ2n) is 5.34. The Morgan fingerprint density at radius 2 is 2.13 bits per heavy atom. The van der Waals surface area contributed by atoms with Crippen molar-refractivity contribution in [3.8, 4) is 0 Å². The van der Waals surface area contributed by atoms with Gasteiger partial charge in [0, 0.05) is 24.9 Å². The number of aryl methyl sites for hydroxylation is 1. The van der Waals surface area contributed by atoms with Gasteiger partial charge in [0.2, 0.25) is 0 Å². The highest BCUT2D eigenvalue weighted by molar-refractivity contribution is 5.79. The van der Waals surface area contributed by atoms with Gasteiger partial charge in [-0.1, -0.05) is 0 Å². The first-order chi connectivity index (χ1) is 11.2. The predicted octanol–water partition coefficient (Wildman–Crippen LogP) is 2.16. The molecule has 0 aliphatic heterocycles. The molecule has 0 amide bonds. The average molecular weight is 309 g/mol. The molecule has 0 saturated heterocycles. The summed E-state index contributed by atoms with van der Waals surface area (Å²) in [5, 5.41) is 9.20. The molecule has 0 aliphatic carbocycles. The van der Waals surface area contributed by atoms with Crippen LogP contribution in [0.15, 0.2) is 36.7 Å². The number of fused-ring (bicyclic) bond motifs is 2. The molecule has 0 bridgehead atoms. The lowest BCUT2D eigenvalue weighted by Crippen LogP contribution is -2.03. The molecule has 0 N–H and O–H groups in total. The Kier molecular flexibility index (Phi) is 2.94. The van der Waals surface area contributed by atoms with E-state index in [9.17, 15) is 9.18 Å². The molecule has 23 heavy (non-hydrogen) atoms. The first kappa shape index (κ1) is 13.6. The van der Waals surface area contributed by atoms with Crippen LogP contribution in [0.3, 0.4) is 0 Å². The van der Waals surface area contributed by atoms with Crippen LogP contribution in [0, 0.1) is 5.82 Å². The Balaban J connectivity index is 1.81. The predicted molar refractivity (Wildman–Crippen MR) is 81.9 cm³/mol. The van der Waals surface area contributed by atoms with Crippen molar-refractivity contribution < 1.29 is 9.18 Å². The first-order valence-corrected chi connectivity index (χ1v) is 7.04. The minimum absolute atomic E-state index is 0.303. The maximum Gasteiger partial charge on any atom is 0.170 e. The van der Waals surface area contributed by atoms with E-state index in [1.807, 2.05) is 0 Å². The van der Waals surface area contributed by atoms with Crippen molar-refractivity contribution in [3.63, 3.8) is 0 Å². The van der Waals surface area contributed by atoms with Crippen LogP contribution in [0.25, 0.3) is 16.6 Å². The summed E-state index contributed by atoms with van der Waals surface area (Å²) in [4.78, 5) is 15.1. The van der Waals surface area contributed by atoms with E-state index in [-0.39, 0.29) is 5.82 Å². The Morgan fingerprint density at radius 1 is 1.26 bits per heavy atom. The highest BCUT2D eigenvalue weighted by atomic mass is 19.1. The molecule has 4 aromatic rings. The number of imidazole rings is 1. The lowest BCUT2D eigenvalue weighted by molar-refractivity contribution is 0.111. The van der Waals surface area contributed by atoms with E-state index in [2.05, 4.69) is 15.2 Å².